The van der Waals surface area contributed by atoms with E-state index in [-0.39, 0.29) is 5.57 Å². The molecule has 102 valence electrons. The molecule has 4 heteroatoms. The van der Waals surface area contributed by atoms with E-state index in [0.717, 1.165) is 18.3 Å². The molecular formula is C15H18O4. The number of ether oxygens (including phenoxy) is 1. The summed E-state index contributed by atoms with van der Waals surface area (Å²) in [6.45, 7) is 5.66. The third kappa shape index (κ3) is 2.84. The van der Waals surface area contributed by atoms with Crippen molar-refractivity contribution in [1.29, 1.82) is 0 Å². The Hall–Kier alpha value is -1.68. The van der Waals surface area contributed by atoms with E-state index in [4.69, 9.17) is 4.74 Å². The first-order chi connectivity index (χ1) is 9.02. The normalized spacial score (nSPS) is 37.5. The van der Waals surface area contributed by atoms with Crippen molar-refractivity contribution >= 4 is 12.3 Å². The van der Waals surface area contributed by atoms with Crippen LogP contribution in [0.4, 0.5) is 0 Å². The summed E-state index contributed by atoms with van der Waals surface area (Å²) in [6, 6.07) is 0. The molecule has 0 aromatic heterocycles. The molecule has 0 bridgehead atoms. The number of esters is 1. The van der Waals surface area contributed by atoms with E-state index < -0.39 is 24.1 Å². The van der Waals surface area contributed by atoms with Crippen molar-refractivity contribution in [3.63, 3.8) is 0 Å². The van der Waals surface area contributed by atoms with Gasteiger partial charge in [0.15, 0.2) is 0 Å². The first-order valence-corrected chi connectivity index (χ1v) is 6.42. The SMILES string of the molecule is C=C1C(=O)O[C@H]2C/C(C)=C/CC/C(C=O)=C/[C@@H](O)[C@H]12. The highest BCUT2D eigenvalue weighted by atomic mass is 16.6. The lowest BCUT2D eigenvalue weighted by Crippen LogP contribution is -2.28. The van der Waals surface area contributed by atoms with Gasteiger partial charge in [0.2, 0.25) is 0 Å². The number of carbonyl (C=O) groups excluding carboxylic acids is 2. The van der Waals surface area contributed by atoms with Crippen LogP contribution in [0.15, 0.2) is 35.5 Å². The van der Waals surface area contributed by atoms with Crippen LogP contribution < -0.4 is 0 Å². The number of aliphatic hydroxyl groups is 1. The van der Waals surface area contributed by atoms with Gasteiger partial charge in [0.25, 0.3) is 0 Å². The van der Waals surface area contributed by atoms with Gasteiger partial charge in [-0.25, -0.2) is 4.79 Å². The van der Waals surface area contributed by atoms with Crippen molar-refractivity contribution in [2.45, 2.75) is 38.4 Å². The molecule has 1 N–H and O–H groups in total. The molecule has 0 unspecified atom stereocenters. The van der Waals surface area contributed by atoms with Crippen molar-refractivity contribution in [3.05, 3.63) is 35.5 Å². The number of allylic oxidation sites excluding steroid dienone is 2. The number of carbonyl (C=O) groups is 2. The van der Waals surface area contributed by atoms with Crippen LogP contribution in [0, 0.1) is 5.92 Å². The van der Waals surface area contributed by atoms with Gasteiger partial charge in [-0.15, -0.1) is 0 Å². The van der Waals surface area contributed by atoms with Crippen LogP contribution in [-0.4, -0.2) is 29.6 Å². The minimum Gasteiger partial charge on any atom is -0.458 e. The minimum atomic E-state index is -0.907. The molecule has 0 aromatic carbocycles. The molecule has 1 aliphatic heterocycles. The van der Waals surface area contributed by atoms with Gasteiger partial charge in [0.05, 0.1) is 12.0 Å². The first kappa shape index (κ1) is 13.7. The molecule has 0 aromatic rings. The number of aldehydes is 1. The van der Waals surface area contributed by atoms with Crippen LogP contribution in [-0.2, 0) is 14.3 Å². The maximum absolute atomic E-state index is 11.6. The van der Waals surface area contributed by atoms with Crippen LogP contribution in [0.25, 0.3) is 0 Å². The molecule has 0 saturated carbocycles. The fourth-order valence-corrected chi connectivity index (χ4v) is 2.63. The molecule has 1 saturated heterocycles. The number of hydrogen-bond donors (Lipinski definition) is 1. The van der Waals surface area contributed by atoms with Gasteiger partial charge in [-0.3, -0.25) is 4.79 Å². The van der Waals surface area contributed by atoms with Crippen molar-refractivity contribution in [3.8, 4) is 0 Å². The summed E-state index contributed by atoms with van der Waals surface area (Å²) in [5.74, 6) is -0.925. The van der Waals surface area contributed by atoms with Crippen LogP contribution in [0.3, 0.4) is 0 Å². The molecule has 1 fully saturated rings. The standard InChI is InChI=1S/C15H18O4/c1-9-4-3-5-11(8-16)7-12(17)14-10(2)15(18)19-13(14)6-9/h4,7-8,12-14,17H,2-3,5-6H2,1H3/b9-4+,11-7-/t12-,13+,14+/m1/s1. The van der Waals surface area contributed by atoms with Crippen LogP contribution >= 0.6 is 0 Å². The smallest absolute Gasteiger partial charge is 0.334 e. The topological polar surface area (TPSA) is 63.6 Å². The van der Waals surface area contributed by atoms with Gasteiger partial charge in [-0.05, 0) is 31.4 Å². The Morgan fingerprint density at radius 2 is 2.26 bits per heavy atom. The Labute approximate surface area is 112 Å². The highest BCUT2D eigenvalue weighted by Crippen LogP contribution is 2.34. The lowest BCUT2D eigenvalue weighted by molar-refractivity contribution is -0.139. The second kappa shape index (κ2) is 5.53. The summed E-state index contributed by atoms with van der Waals surface area (Å²) >= 11 is 0. The highest BCUT2D eigenvalue weighted by Gasteiger charge is 2.42. The average molecular weight is 262 g/mol. The van der Waals surface area contributed by atoms with E-state index in [2.05, 4.69) is 6.58 Å². The summed E-state index contributed by atoms with van der Waals surface area (Å²) in [6.07, 6.45) is 4.95. The van der Waals surface area contributed by atoms with Crippen molar-refractivity contribution in [1.82, 2.24) is 0 Å². The Kier molecular flexibility index (Phi) is 4.00. The summed E-state index contributed by atoms with van der Waals surface area (Å²) in [7, 11) is 0. The second-order valence-electron chi connectivity index (χ2n) is 5.14. The molecule has 2 rings (SSSR count). The zero-order valence-electron chi connectivity index (χ0n) is 11.0. The van der Waals surface area contributed by atoms with Crippen molar-refractivity contribution in [2.75, 3.05) is 0 Å². The van der Waals surface area contributed by atoms with Crippen LogP contribution in [0.1, 0.15) is 26.2 Å². The maximum atomic E-state index is 11.6. The lowest BCUT2D eigenvalue weighted by atomic mass is 9.86. The zero-order chi connectivity index (χ0) is 14.0. The number of fused-ring (bicyclic) bond motifs is 1. The molecule has 2 aliphatic rings. The fourth-order valence-electron chi connectivity index (χ4n) is 2.63. The zero-order valence-corrected chi connectivity index (χ0v) is 11.0. The molecule has 0 radical (unpaired) electrons. The number of aliphatic hydroxyl groups excluding tert-OH is 1. The monoisotopic (exact) mass is 262 g/mol. The Morgan fingerprint density at radius 3 is 2.95 bits per heavy atom. The van der Waals surface area contributed by atoms with Gasteiger partial charge >= 0.3 is 5.97 Å². The van der Waals surface area contributed by atoms with Crippen LogP contribution in [0.5, 0.6) is 0 Å². The summed E-state index contributed by atoms with van der Waals surface area (Å²) < 4.78 is 5.26. The number of hydrogen-bond acceptors (Lipinski definition) is 4. The lowest BCUT2D eigenvalue weighted by Gasteiger charge is -2.22. The molecule has 0 amide bonds. The maximum Gasteiger partial charge on any atom is 0.334 e. The minimum absolute atomic E-state index is 0.285. The van der Waals surface area contributed by atoms with Gasteiger partial charge in [-0.1, -0.05) is 18.2 Å². The van der Waals surface area contributed by atoms with E-state index in [9.17, 15) is 14.7 Å². The van der Waals surface area contributed by atoms with E-state index in [1.165, 1.54) is 6.08 Å². The summed E-state index contributed by atoms with van der Waals surface area (Å²) in [4.78, 5) is 22.6. The van der Waals surface area contributed by atoms with Crippen LogP contribution in [0.2, 0.25) is 0 Å². The molecular weight excluding hydrogens is 244 g/mol. The first-order valence-electron chi connectivity index (χ1n) is 6.42. The summed E-state index contributed by atoms with van der Waals surface area (Å²) in [5, 5.41) is 10.2. The average Bonchev–Trinajstić information content (AvgIpc) is 2.63. The molecule has 1 heterocycles. The van der Waals surface area contributed by atoms with Crippen molar-refractivity contribution < 1.29 is 19.4 Å². The predicted octanol–water partition coefficient (Wildman–Crippen LogP) is 1.70. The highest BCUT2D eigenvalue weighted by molar-refractivity contribution is 5.91. The fraction of sp³-hybridized carbons (Fsp3) is 0.467. The number of rotatable bonds is 1. The Balaban J connectivity index is 2.35. The van der Waals surface area contributed by atoms with Crippen molar-refractivity contribution in [2.24, 2.45) is 5.92 Å². The molecule has 19 heavy (non-hydrogen) atoms. The third-order valence-electron chi connectivity index (χ3n) is 3.68. The van der Waals surface area contributed by atoms with E-state index in [0.29, 0.717) is 18.4 Å². The van der Waals surface area contributed by atoms with Gasteiger partial charge in [0.1, 0.15) is 12.4 Å². The third-order valence-corrected chi connectivity index (χ3v) is 3.68. The molecule has 3 atom stereocenters. The van der Waals surface area contributed by atoms with Gasteiger partial charge in [-0.2, -0.15) is 0 Å². The Morgan fingerprint density at radius 1 is 1.53 bits per heavy atom. The van der Waals surface area contributed by atoms with Gasteiger partial charge < -0.3 is 9.84 Å². The van der Waals surface area contributed by atoms with Gasteiger partial charge in [0, 0.05) is 12.0 Å². The quantitative estimate of drug-likeness (QED) is 0.338. The molecule has 1 aliphatic carbocycles. The summed E-state index contributed by atoms with van der Waals surface area (Å²) in [5.41, 5.74) is 1.92. The predicted molar refractivity (Wildman–Crippen MR) is 70.3 cm³/mol. The van der Waals surface area contributed by atoms with E-state index >= 15 is 0 Å². The second-order valence-corrected chi connectivity index (χ2v) is 5.14. The largest absolute Gasteiger partial charge is 0.458 e. The molecule has 4 nitrogen and oxygen atoms in total. The van der Waals surface area contributed by atoms with E-state index in [1.54, 1.807) is 0 Å². The van der Waals surface area contributed by atoms with E-state index in [1.807, 2.05) is 13.0 Å². The Bertz CT molecular complexity index is 473. The molecule has 0 spiro atoms.